The molecule has 1 unspecified atom stereocenters. The molecule has 2 amide bonds. The Morgan fingerprint density at radius 2 is 1.96 bits per heavy atom. The van der Waals surface area contributed by atoms with Crippen LogP contribution in [0.2, 0.25) is 0 Å². The maximum atomic E-state index is 12.1. The van der Waals surface area contributed by atoms with Crippen LogP contribution in [0.3, 0.4) is 0 Å². The highest BCUT2D eigenvalue weighted by atomic mass is 16.6. The minimum atomic E-state index is -0.605. The summed E-state index contributed by atoms with van der Waals surface area (Å²) < 4.78 is 0. The Balaban J connectivity index is 1.41. The van der Waals surface area contributed by atoms with Gasteiger partial charge in [0.15, 0.2) is 0 Å². The number of likely N-dealkylation sites (tertiary alicyclic amines) is 1. The topological polar surface area (TPSA) is 71.0 Å². The molecule has 1 fully saturated rings. The molecule has 0 aromatic heterocycles. The lowest BCUT2D eigenvalue weighted by Gasteiger charge is -2.15. The van der Waals surface area contributed by atoms with Gasteiger partial charge in [-0.2, -0.15) is 0 Å². The van der Waals surface area contributed by atoms with Gasteiger partial charge in [-0.3, -0.25) is 9.59 Å². The number of nitrogens with zero attached hydrogens (tertiary/aromatic N) is 2. The molecule has 0 saturated carbocycles. The van der Waals surface area contributed by atoms with Crippen LogP contribution in [0, 0.1) is 0 Å². The first-order valence-electron chi connectivity index (χ1n) is 8.07. The quantitative estimate of drug-likeness (QED) is 0.890. The summed E-state index contributed by atoms with van der Waals surface area (Å²) in [6.07, 6.45) is 2.34. The molecule has 2 aliphatic rings. The van der Waals surface area contributed by atoms with E-state index in [1.165, 1.54) is 0 Å². The largest absolute Gasteiger partial charge is 0.382 e. The molecule has 2 aliphatic heterocycles. The maximum absolute atomic E-state index is 12.1. The number of amides is 2. The third kappa shape index (κ3) is 3.88. The second kappa shape index (κ2) is 7.26. The fourth-order valence-electron chi connectivity index (χ4n) is 2.85. The molecule has 0 radical (unpaired) electrons. The van der Waals surface area contributed by atoms with E-state index in [4.69, 9.17) is 4.84 Å². The molecule has 1 atom stereocenters. The highest BCUT2D eigenvalue weighted by Crippen LogP contribution is 2.16. The molecule has 1 aromatic rings. The van der Waals surface area contributed by atoms with E-state index in [1.807, 2.05) is 35.2 Å². The Morgan fingerprint density at radius 1 is 1.22 bits per heavy atom. The van der Waals surface area contributed by atoms with Crippen LogP contribution in [0.25, 0.3) is 0 Å². The summed E-state index contributed by atoms with van der Waals surface area (Å²) >= 11 is 0. The van der Waals surface area contributed by atoms with Crippen LogP contribution < -0.4 is 5.32 Å². The molecule has 0 aliphatic carbocycles. The highest BCUT2D eigenvalue weighted by Gasteiger charge is 2.28. The minimum absolute atomic E-state index is 0.108. The second-order valence-corrected chi connectivity index (χ2v) is 5.83. The standard InChI is InChI=1S/C17H21N3O3/c21-16(20-10-4-5-11-20)8-9-18-17(22)15-12-14(19-23-15)13-6-2-1-3-7-13/h1-3,6-7,15H,4-5,8-12H2,(H,18,22). The normalized spacial score (nSPS) is 20.1. The van der Waals surface area contributed by atoms with Crippen molar-refractivity contribution in [2.24, 2.45) is 5.16 Å². The Kier molecular flexibility index (Phi) is 4.90. The van der Waals surface area contributed by atoms with Crippen molar-refractivity contribution in [3.63, 3.8) is 0 Å². The van der Waals surface area contributed by atoms with Crippen molar-refractivity contribution in [2.45, 2.75) is 31.8 Å². The number of carbonyl (C=O) groups is 2. The lowest BCUT2D eigenvalue weighted by molar-refractivity contribution is -0.132. The maximum Gasteiger partial charge on any atom is 0.264 e. The van der Waals surface area contributed by atoms with Gasteiger partial charge < -0.3 is 15.1 Å². The smallest absolute Gasteiger partial charge is 0.264 e. The molecule has 0 spiro atoms. The van der Waals surface area contributed by atoms with Crippen molar-refractivity contribution < 1.29 is 14.4 Å². The summed E-state index contributed by atoms with van der Waals surface area (Å²) in [7, 11) is 0. The van der Waals surface area contributed by atoms with Crippen LogP contribution in [-0.2, 0) is 14.4 Å². The lowest BCUT2D eigenvalue weighted by atomic mass is 10.0. The third-order valence-electron chi connectivity index (χ3n) is 4.17. The summed E-state index contributed by atoms with van der Waals surface area (Å²) in [6.45, 7) is 2.02. The summed E-state index contributed by atoms with van der Waals surface area (Å²) in [4.78, 5) is 31.1. The first-order chi connectivity index (χ1) is 11.2. The molecular formula is C17H21N3O3. The molecule has 1 N–H and O–H groups in total. The molecule has 0 bridgehead atoms. The van der Waals surface area contributed by atoms with Crippen molar-refractivity contribution in [3.05, 3.63) is 35.9 Å². The predicted molar refractivity (Wildman–Crippen MR) is 85.9 cm³/mol. The van der Waals surface area contributed by atoms with Gasteiger partial charge in [0.1, 0.15) is 0 Å². The van der Waals surface area contributed by atoms with Crippen molar-refractivity contribution in [1.29, 1.82) is 0 Å². The number of hydrogen-bond donors (Lipinski definition) is 1. The second-order valence-electron chi connectivity index (χ2n) is 5.83. The van der Waals surface area contributed by atoms with E-state index in [0.717, 1.165) is 37.2 Å². The van der Waals surface area contributed by atoms with Gasteiger partial charge in [0.2, 0.25) is 12.0 Å². The molecule has 23 heavy (non-hydrogen) atoms. The lowest BCUT2D eigenvalue weighted by Crippen LogP contribution is -2.37. The predicted octanol–water partition coefficient (Wildman–Crippen LogP) is 1.31. The average molecular weight is 315 g/mol. The summed E-state index contributed by atoms with van der Waals surface area (Å²) in [5.41, 5.74) is 1.74. The van der Waals surface area contributed by atoms with Gasteiger partial charge in [-0.05, 0) is 18.4 Å². The third-order valence-corrected chi connectivity index (χ3v) is 4.17. The van der Waals surface area contributed by atoms with Crippen LogP contribution in [0.1, 0.15) is 31.2 Å². The van der Waals surface area contributed by atoms with E-state index in [9.17, 15) is 9.59 Å². The summed E-state index contributed by atoms with van der Waals surface area (Å²) in [5.74, 6) is -0.106. The van der Waals surface area contributed by atoms with Crippen molar-refractivity contribution in [3.8, 4) is 0 Å². The van der Waals surface area contributed by atoms with Crippen LogP contribution in [0.5, 0.6) is 0 Å². The van der Waals surface area contributed by atoms with Gasteiger partial charge in [-0.15, -0.1) is 0 Å². The SMILES string of the molecule is O=C(NCCC(=O)N1CCCC1)C1CC(c2ccccc2)=NO1. The molecule has 1 saturated heterocycles. The monoisotopic (exact) mass is 315 g/mol. The van der Waals surface area contributed by atoms with Gasteiger partial charge >= 0.3 is 0 Å². The fraction of sp³-hybridized carbons (Fsp3) is 0.471. The Hall–Kier alpha value is -2.37. The zero-order valence-electron chi connectivity index (χ0n) is 13.0. The fourth-order valence-corrected chi connectivity index (χ4v) is 2.85. The minimum Gasteiger partial charge on any atom is -0.382 e. The van der Waals surface area contributed by atoms with E-state index < -0.39 is 6.10 Å². The first-order valence-corrected chi connectivity index (χ1v) is 8.07. The Labute approximate surface area is 135 Å². The zero-order chi connectivity index (χ0) is 16.1. The van der Waals surface area contributed by atoms with E-state index in [1.54, 1.807) is 0 Å². The van der Waals surface area contributed by atoms with Gasteiger partial charge in [0.05, 0.1) is 5.71 Å². The van der Waals surface area contributed by atoms with Gasteiger partial charge in [-0.25, -0.2) is 0 Å². The van der Waals surface area contributed by atoms with E-state index in [-0.39, 0.29) is 11.8 Å². The van der Waals surface area contributed by atoms with E-state index >= 15 is 0 Å². The van der Waals surface area contributed by atoms with Crippen LogP contribution in [0.4, 0.5) is 0 Å². The summed E-state index contributed by atoms with van der Waals surface area (Å²) in [5, 5.41) is 6.76. The van der Waals surface area contributed by atoms with Crippen molar-refractivity contribution >= 4 is 17.5 Å². The van der Waals surface area contributed by atoms with Gasteiger partial charge in [0.25, 0.3) is 5.91 Å². The number of nitrogens with one attached hydrogen (secondary N) is 1. The van der Waals surface area contributed by atoms with E-state index in [0.29, 0.717) is 19.4 Å². The van der Waals surface area contributed by atoms with Crippen LogP contribution in [-0.4, -0.2) is 48.2 Å². The first kappa shape index (κ1) is 15.5. The Bertz CT molecular complexity index is 594. The van der Waals surface area contributed by atoms with Gasteiger partial charge in [-0.1, -0.05) is 35.5 Å². The van der Waals surface area contributed by atoms with Gasteiger partial charge in [0, 0.05) is 32.5 Å². The Morgan fingerprint density at radius 3 is 2.70 bits per heavy atom. The number of benzene rings is 1. The molecule has 3 rings (SSSR count). The molecular weight excluding hydrogens is 294 g/mol. The van der Waals surface area contributed by atoms with E-state index in [2.05, 4.69) is 10.5 Å². The highest BCUT2D eigenvalue weighted by molar-refractivity contribution is 6.04. The number of carbonyl (C=O) groups excluding carboxylic acids is 2. The van der Waals surface area contributed by atoms with Crippen molar-refractivity contribution in [1.82, 2.24) is 10.2 Å². The molecule has 2 heterocycles. The van der Waals surface area contributed by atoms with Crippen LogP contribution >= 0.6 is 0 Å². The average Bonchev–Trinajstić information content (AvgIpc) is 3.27. The summed E-state index contributed by atoms with van der Waals surface area (Å²) in [6, 6.07) is 9.67. The molecule has 6 nitrogen and oxygen atoms in total. The number of oxime groups is 1. The number of hydrogen-bond acceptors (Lipinski definition) is 4. The zero-order valence-corrected chi connectivity index (χ0v) is 13.0. The number of rotatable bonds is 5. The molecule has 1 aromatic carbocycles. The molecule has 122 valence electrons. The van der Waals surface area contributed by atoms with Crippen LogP contribution in [0.15, 0.2) is 35.5 Å². The van der Waals surface area contributed by atoms with Crippen molar-refractivity contribution in [2.75, 3.05) is 19.6 Å². The molecule has 6 heteroatoms.